The topological polar surface area (TPSA) is 101 Å². The summed E-state index contributed by atoms with van der Waals surface area (Å²) in [5.74, 6) is -0.529. The monoisotopic (exact) mass is 402 g/mol. The van der Waals surface area contributed by atoms with E-state index in [-0.39, 0.29) is 35.7 Å². The molecule has 2 N–H and O–H groups in total. The Morgan fingerprint density at radius 1 is 1.31 bits per heavy atom. The molecule has 0 spiro atoms. The van der Waals surface area contributed by atoms with E-state index in [0.717, 1.165) is 24.8 Å². The Morgan fingerprint density at radius 2 is 2.03 bits per heavy atom. The summed E-state index contributed by atoms with van der Waals surface area (Å²) in [6.45, 7) is 4.75. The highest BCUT2D eigenvalue weighted by atomic mass is 16.6. The highest BCUT2D eigenvalue weighted by Crippen LogP contribution is 2.66. The van der Waals surface area contributed by atoms with E-state index in [2.05, 4.69) is 6.92 Å². The largest absolute Gasteiger partial charge is 0.457 e. The average Bonchev–Trinajstić information content (AvgIpc) is 2.91. The summed E-state index contributed by atoms with van der Waals surface area (Å²) in [7, 11) is 0. The van der Waals surface area contributed by atoms with Gasteiger partial charge in [0, 0.05) is 30.1 Å². The van der Waals surface area contributed by atoms with Crippen molar-refractivity contribution in [2.75, 3.05) is 6.61 Å². The second-order valence-electron chi connectivity index (χ2n) is 9.78. The predicted octanol–water partition coefficient (Wildman–Crippen LogP) is 2.13. The highest BCUT2D eigenvalue weighted by molar-refractivity contribution is 6.01. The van der Waals surface area contributed by atoms with Crippen molar-refractivity contribution in [3.63, 3.8) is 0 Å². The molecule has 6 nitrogen and oxygen atoms in total. The number of hydrogen-bond acceptors (Lipinski definition) is 6. The van der Waals surface area contributed by atoms with Gasteiger partial charge in [-0.15, -0.1) is 0 Å². The molecule has 3 fully saturated rings. The number of ether oxygens (including phenoxy) is 1. The zero-order valence-electron chi connectivity index (χ0n) is 17.3. The van der Waals surface area contributed by atoms with Crippen LogP contribution < -0.4 is 0 Å². The molecule has 1 unspecified atom stereocenters. The van der Waals surface area contributed by atoms with Gasteiger partial charge in [0.15, 0.2) is 11.9 Å². The van der Waals surface area contributed by atoms with Crippen LogP contribution in [0.25, 0.3) is 0 Å². The van der Waals surface area contributed by atoms with Gasteiger partial charge in [-0.3, -0.25) is 14.4 Å². The standard InChI is InChI=1S/C23H30O6/c1-13(25)29-19(12-24)23(28)9-7-17-16-5-4-14-10-15(26)6-8-21(14,2)20(16)18(27)11-22(17,23)3/h6,8,10,16-17,19-20,24,28H,4-5,7,9,11-12H2,1-3H3/t16-,17-,19?,20+,21-,22-,23-/m0/s1. The van der Waals surface area contributed by atoms with E-state index in [1.165, 1.54) is 6.92 Å². The number of aliphatic hydroxyl groups is 2. The number of aliphatic hydroxyl groups excluding tert-OH is 1. The molecule has 158 valence electrons. The van der Waals surface area contributed by atoms with Crippen LogP contribution in [0.4, 0.5) is 0 Å². The van der Waals surface area contributed by atoms with Crippen molar-refractivity contribution >= 4 is 17.5 Å². The first-order valence-electron chi connectivity index (χ1n) is 10.5. The van der Waals surface area contributed by atoms with Crippen LogP contribution in [-0.4, -0.2) is 46.1 Å². The number of allylic oxidation sites excluding steroid dienone is 4. The van der Waals surface area contributed by atoms with E-state index in [4.69, 9.17) is 4.74 Å². The van der Waals surface area contributed by atoms with Crippen LogP contribution >= 0.6 is 0 Å². The van der Waals surface area contributed by atoms with Gasteiger partial charge >= 0.3 is 5.97 Å². The smallest absolute Gasteiger partial charge is 0.303 e. The van der Waals surface area contributed by atoms with E-state index < -0.39 is 35.1 Å². The van der Waals surface area contributed by atoms with E-state index in [1.54, 1.807) is 12.2 Å². The molecule has 0 bridgehead atoms. The molecular formula is C23H30O6. The first kappa shape index (κ1) is 20.5. The third kappa shape index (κ3) is 2.72. The van der Waals surface area contributed by atoms with Crippen molar-refractivity contribution in [1.29, 1.82) is 0 Å². The zero-order chi connectivity index (χ0) is 21.2. The second kappa shape index (κ2) is 6.61. The van der Waals surface area contributed by atoms with Crippen molar-refractivity contribution in [2.45, 2.75) is 64.6 Å². The lowest BCUT2D eigenvalue weighted by molar-refractivity contribution is -0.201. The normalized spacial score (nSPS) is 44.4. The molecule has 0 aliphatic heterocycles. The Bertz CT molecular complexity index is 827. The van der Waals surface area contributed by atoms with Gasteiger partial charge in [0.05, 0.1) is 6.61 Å². The van der Waals surface area contributed by atoms with Crippen molar-refractivity contribution in [3.05, 3.63) is 23.8 Å². The van der Waals surface area contributed by atoms with Crippen molar-refractivity contribution in [1.82, 2.24) is 0 Å². The Labute approximate surface area is 171 Å². The minimum absolute atomic E-state index is 0.0218. The van der Waals surface area contributed by atoms with Crippen LogP contribution in [0, 0.1) is 28.6 Å². The van der Waals surface area contributed by atoms with Gasteiger partial charge < -0.3 is 14.9 Å². The molecule has 0 amide bonds. The summed E-state index contributed by atoms with van der Waals surface area (Å²) in [5.41, 5.74) is -1.62. The van der Waals surface area contributed by atoms with Crippen LogP contribution in [0.5, 0.6) is 0 Å². The summed E-state index contributed by atoms with van der Waals surface area (Å²) < 4.78 is 5.28. The quantitative estimate of drug-likeness (QED) is 0.702. The highest BCUT2D eigenvalue weighted by Gasteiger charge is 2.68. The second-order valence-corrected chi connectivity index (χ2v) is 9.78. The molecule has 0 radical (unpaired) electrons. The van der Waals surface area contributed by atoms with Crippen molar-refractivity contribution < 1.29 is 29.3 Å². The molecule has 4 rings (SSSR count). The van der Waals surface area contributed by atoms with Crippen LogP contribution in [0.3, 0.4) is 0 Å². The summed E-state index contributed by atoms with van der Waals surface area (Å²) in [4.78, 5) is 36.9. The van der Waals surface area contributed by atoms with Crippen LogP contribution in [0.1, 0.15) is 52.9 Å². The maximum absolute atomic E-state index is 13.5. The molecule has 4 aliphatic carbocycles. The number of Topliss-reactive ketones (excluding diaryl/α,β-unsaturated/α-hetero) is 1. The van der Waals surface area contributed by atoms with E-state index in [1.807, 2.05) is 13.0 Å². The molecule has 29 heavy (non-hydrogen) atoms. The maximum Gasteiger partial charge on any atom is 0.303 e. The zero-order valence-corrected chi connectivity index (χ0v) is 17.3. The number of carbonyl (C=O) groups is 3. The van der Waals surface area contributed by atoms with Gasteiger partial charge in [-0.1, -0.05) is 25.5 Å². The van der Waals surface area contributed by atoms with Gasteiger partial charge in [-0.25, -0.2) is 0 Å². The first-order valence-corrected chi connectivity index (χ1v) is 10.5. The molecule has 0 aromatic heterocycles. The molecule has 3 saturated carbocycles. The molecule has 0 aromatic rings. The molecule has 0 saturated heterocycles. The number of carbonyl (C=O) groups excluding carboxylic acids is 3. The van der Waals surface area contributed by atoms with E-state index >= 15 is 0 Å². The van der Waals surface area contributed by atoms with Crippen molar-refractivity contribution in [3.8, 4) is 0 Å². The Kier molecular flexibility index (Phi) is 4.67. The molecule has 0 heterocycles. The Balaban J connectivity index is 1.72. The fraction of sp³-hybridized carbons (Fsp3) is 0.696. The third-order valence-electron chi connectivity index (χ3n) is 8.48. The van der Waals surface area contributed by atoms with Gasteiger partial charge in [-0.05, 0) is 49.7 Å². The molecular weight excluding hydrogens is 372 g/mol. The van der Waals surface area contributed by atoms with Crippen molar-refractivity contribution in [2.24, 2.45) is 28.6 Å². The Hall–Kier alpha value is -1.79. The van der Waals surface area contributed by atoms with Gasteiger partial charge in [-0.2, -0.15) is 0 Å². The SMILES string of the molecule is CC(=O)OC(CO)[C@@]1(O)CC[C@H]2[C@@H]3CCC4=CC(=O)C=C[C@]4(C)[C@H]3C(=O)C[C@@]21C. The summed E-state index contributed by atoms with van der Waals surface area (Å²) >= 11 is 0. The third-order valence-corrected chi connectivity index (χ3v) is 8.48. The van der Waals surface area contributed by atoms with Crippen LogP contribution in [0.2, 0.25) is 0 Å². The van der Waals surface area contributed by atoms with E-state index in [0.29, 0.717) is 6.42 Å². The molecule has 0 aromatic carbocycles. The van der Waals surface area contributed by atoms with E-state index in [9.17, 15) is 24.6 Å². The lowest BCUT2D eigenvalue weighted by Crippen LogP contribution is -2.62. The minimum Gasteiger partial charge on any atom is -0.457 e. The Morgan fingerprint density at radius 3 is 2.69 bits per heavy atom. The minimum atomic E-state index is -1.44. The number of fused-ring (bicyclic) bond motifs is 5. The lowest BCUT2D eigenvalue weighted by Gasteiger charge is -2.57. The summed E-state index contributed by atoms with van der Waals surface area (Å²) in [5, 5.41) is 21.5. The average molecular weight is 402 g/mol. The molecule has 7 atom stereocenters. The summed E-state index contributed by atoms with van der Waals surface area (Å²) in [6, 6.07) is 0. The van der Waals surface area contributed by atoms with Gasteiger partial charge in [0.1, 0.15) is 11.4 Å². The van der Waals surface area contributed by atoms with Gasteiger partial charge in [0.25, 0.3) is 0 Å². The van der Waals surface area contributed by atoms with Gasteiger partial charge in [0.2, 0.25) is 0 Å². The lowest BCUT2D eigenvalue weighted by atomic mass is 9.46. The number of ketones is 2. The van der Waals surface area contributed by atoms with Crippen LogP contribution in [-0.2, 0) is 19.1 Å². The molecule has 4 aliphatic rings. The fourth-order valence-corrected chi connectivity index (χ4v) is 7.08. The van der Waals surface area contributed by atoms with Crippen LogP contribution in [0.15, 0.2) is 23.8 Å². The summed E-state index contributed by atoms with van der Waals surface area (Å²) in [6.07, 6.45) is 6.96. The fourth-order valence-electron chi connectivity index (χ4n) is 7.08. The first-order chi connectivity index (χ1) is 13.6. The number of esters is 1. The number of rotatable bonds is 3. The number of hydrogen-bond donors (Lipinski definition) is 2. The predicted molar refractivity (Wildman–Crippen MR) is 105 cm³/mol. The maximum atomic E-state index is 13.5. The molecule has 6 heteroatoms.